The Hall–Kier alpha value is -2.20. The van der Waals surface area contributed by atoms with E-state index in [0.717, 1.165) is 29.4 Å². The van der Waals surface area contributed by atoms with E-state index in [1.54, 1.807) is 7.11 Å². The van der Waals surface area contributed by atoms with Crippen LogP contribution in [-0.2, 0) is 6.54 Å². The number of hydrogen-bond donors (Lipinski definition) is 1. The Labute approximate surface area is 125 Å². The van der Waals surface area contributed by atoms with Crippen LogP contribution in [-0.4, -0.2) is 27.4 Å². The van der Waals surface area contributed by atoms with Crippen molar-refractivity contribution in [1.29, 1.82) is 0 Å². The van der Waals surface area contributed by atoms with Crippen LogP contribution >= 0.6 is 0 Å². The van der Waals surface area contributed by atoms with Gasteiger partial charge in [-0.2, -0.15) is 0 Å². The van der Waals surface area contributed by atoms with Crippen LogP contribution in [0.25, 0.3) is 0 Å². The maximum Gasteiger partial charge on any atom is 0.165 e. The summed E-state index contributed by atoms with van der Waals surface area (Å²) in [4.78, 5) is 0. The first-order valence-electron chi connectivity index (χ1n) is 6.96. The van der Waals surface area contributed by atoms with Crippen LogP contribution in [0, 0.1) is 0 Å². The fourth-order valence-corrected chi connectivity index (χ4v) is 2.04. The van der Waals surface area contributed by atoms with Gasteiger partial charge in [0.1, 0.15) is 19.0 Å². The molecular formula is C17H21NO3. The lowest BCUT2D eigenvalue weighted by Crippen LogP contribution is -2.13. The third-order valence-corrected chi connectivity index (χ3v) is 2.99. The molecule has 2 aromatic rings. The summed E-state index contributed by atoms with van der Waals surface area (Å²) in [6.07, 6.45) is 0. The average Bonchev–Trinajstić information content (AvgIpc) is 2.53. The van der Waals surface area contributed by atoms with E-state index in [2.05, 4.69) is 5.32 Å². The van der Waals surface area contributed by atoms with Gasteiger partial charge >= 0.3 is 0 Å². The molecule has 2 rings (SSSR count). The molecular weight excluding hydrogens is 266 g/mol. The van der Waals surface area contributed by atoms with Crippen molar-refractivity contribution < 1.29 is 14.2 Å². The van der Waals surface area contributed by atoms with E-state index in [9.17, 15) is 0 Å². The van der Waals surface area contributed by atoms with Gasteiger partial charge in [-0.05, 0) is 25.2 Å². The van der Waals surface area contributed by atoms with Crippen molar-refractivity contribution in [3.63, 3.8) is 0 Å². The van der Waals surface area contributed by atoms with Crippen molar-refractivity contribution in [3.8, 4) is 17.2 Å². The Morgan fingerprint density at radius 1 is 0.905 bits per heavy atom. The minimum atomic E-state index is 0.464. The molecule has 0 spiro atoms. The van der Waals surface area contributed by atoms with Crippen LogP contribution < -0.4 is 19.5 Å². The Kier molecular flexibility index (Phi) is 5.91. The third-order valence-electron chi connectivity index (χ3n) is 2.99. The number of para-hydroxylation sites is 2. The molecule has 0 heterocycles. The van der Waals surface area contributed by atoms with Gasteiger partial charge in [0.15, 0.2) is 11.5 Å². The first kappa shape index (κ1) is 15.2. The van der Waals surface area contributed by atoms with E-state index in [1.807, 2.05) is 55.6 Å². The second-order valence-corrected chi connectivity index (χ2v) is 4.49. The van der Waals surface area contributed by atoms with Crippen molar-refractivity contribution in [1.82, 2.24) is 5.32 Å². The van der Waals surface area contributed by atoms with Crippen molar-refractivity contribution in [2.45, 2.75) is 6.54 Å². The van der Waals surface area contributed by atoms with Crippen LogP contribution in [0.5, 0.6) is 17.2 Å². The SMILES string of the molecule is CNCc1cccc(OC)c1OCCOc1ccccc1. The van der Waals surface area contributed by atoms with Crippen molar-refractivity contribution in [2.24, 2.45) is 0 Å². The minimum Gasteiger partial charge on any atom is -0.493 e. The zero-order valence-corrected chi connectivity index (χ0v) is 12.5. The van der Waals surface area contributed by atoms with Gasteiger partial charge in [-0.15, -0.1) is 0 Å². The molecule has 0 saturated carbocycles. The van der Waals surface area contributed by atoms with Crippen LogP contribution in [0.3, 0.4) is 0 Å². The summed E-state index contributed by atoms with van der Waals surface area (Å²) in [5.74, 6) is 2.35. The van der Waals surface area contributed by atoms with Gasteiger partial charge in [0.25, 0.3) is 0 Å². The van der Waals surface area contributed by atoms with Gasteiger partial charge in [-0.25, -0.2) is 0 Å². The van der Waals surface area contributed by atoms with Gasteiger partial charge in [0.05, 0.1) is 7.11 Å². The molecule has 0 aliphatic carbocycles. The predicted molar refractivity (Wildman–Crippen MR) is 83.2 cm³/mol. The van der Waals surface area contributed by atoms with Crippen molar-refractivity contribution in [3.05, 3.63) is 54.1 Å². The van der Waals surface area contributed by atoms with E-state index in [-0.39, 0.29) is 0 Å². The number of methoxy groups -OCH3 is 1. The van der Waals surface area contributed by atoms with Gasteiger partial charge in [0, 0.05) is 12.1 Å². The Morgan fingerprint density at radius 3 is 2.38 bits per heavy atom. The van der Waals surface area contributed by atoms with Crippen LogP contribution in [0.4, 0.5) is 0 Å². The highest BCUT2D eigenvalue weighted by Crippen LogP contribution is 2.30. The van der Waals surface area contributed by atoms with Crippen LogP contribution in [0.1, 0.15) is 5.56 Å². The van der Waals surface area contributed by atoms with Gasteiger partial charge in [0.2, 0.25) is 0 Å². The monoisotopic (exact) mass is 287 g/mol. The maximum atomic E-state index is 5.84. The molecule has 0 atom stereocenters. The van der Waals surface area contributed by atoms with Crippen LogP contribution in [0.2, 0.25) is 0 Å². The summed E-state index contributed by atoms with van der Waals surface area (Å²) in [6, 6.07) is 15.6. The molecule has 0 fully saturated rings. The van der Waals surface area contributed by atoms with E-state index >= 15 is 0 Å². The summed E-state index contributed by atoms with van der Waals surface area (Å²) in [6.45, 7) is 1.68. The normalized spacial score (nSPS) is 10.2. The topological polar surface area (TPSA) is 39.7 Å². The molecule has 0 aliphatic heterocycles. The van der Waals surface area contributed by atoms with Gasteiger partial charge in [-0.1, -0.05) is 30.3 Å². The molecule has 112 valence electrons. The highest BCUT2D eigenvalue weighted by atomic mass is 16.5. The molecule has 0 saturated heterocycles. The van der Waals surface area contributed by atoms with Gasteiger partial charge in [-0.3, -0.25) is 0 Å². The molecule has 0 aromatic heterocycles. The number of ether oxygens (including phenoxy) is 3. The van der Waals surface area contributed by atoms with E-state index in [0.29, 0.717) is 13.2 Å². The lowest BCUT2D eigenvalue weighted by molar-refractivity contribution is 0.210. The zero-order chi connectivity index (χ0) is 14.9. The summed E-state index contributed by atoms with van der Waals surface area (Å²) in [5, 5.41) is 3.13. The Bertz CT molecular complexity index is 543. The molecule has 21 heavy (non-hydrogen) atoms. The summed E-state index contributed by atoms with van der Waals surface area (Å²) >= 11 is 0. The molecule has 4 nitrogen and oxygen atoms in total. The average molecular weight is 287 g/mol. The third kappa shape index (κ3) is 4.39. The molecule has 0 radical (unpaired) electrons. The molecule has 0 bridgehead atoms. The molecule has 1 N–H and O–H groups in total. The number of rotatable bonds is 8. The Balaban J connectivity index is 1.92. The second-order valence-electron chi connectivity index (χ2n) is 4.49. The lowest BCUT2D eigenvalue weighted by atomic mass is 10.2. The van der Waals surface area contributed by atoms with E-state index < -0.39 is 0 Å². The predicted octanol–water partition coefficient (Wildman–Crippen LogP) is 2.87. The first-order chi connectivity index (χ1) is 10.3. The second kappa shape index (κ2) is 8.17. The molecule has 4 heteroatoms. The molecule has 0 unspecified atom stereocenters. The minimum absolute atomic E-state index is 0.464. The summed E-state index contributed by atoms with van der Waals surface area (Å²) in [7, 11) is 3.55. The lowest BCUT2D eigenvalue weighted by Gasteiger charge is -2.15. The Morgan fingerprint density at radius 2 is 1.67 bits per heavy atom. The fourth-order valence-electron chi connectivity index (χ4n) is 2.04. The van der Waals surface area contributed by atoms with Gasteiger partial charge < -0.3 is 19.5 Å². The summed E-state index contributed by atoms with van der Waals surface area (Å²) < 4.78 is 16.8. The van der Waals surface area contributed by atoms with Crippen molar-refractivity contribution >= 4 is 0 Å². The van der Waals surface area contributed by atoms with E-state index in [1.165, 1.54) is 0 Å². The molecule has 0 aliphatic rings. The number of hydrogen-bond acceptors (Lipinski definition) is 4. The summed E-state index contributed by atoms with van der Waals surface area (Å²) in [5.41, 5.74) is 1.07. The fraction of sp³-hybridized carbons (Fsp3) is 0.294. The standard InChI is InChI=1S/C17H21NO3/c1-18-13-14-7-6-10-16(19-2)17(14)21-12-11-20-15-8-4-3-5-9-15/h3-10,18H,11-13H2,1-2H3. The van der Waals surface area contributed by atoms with Crippen LogP contribution in [0.15, 0.2) is 48.5 Å². The first-order valence-corrected chi connectivity index (χ1v) is 6.96. The van der Waals surface area contributed by atoms with Crippen molar-refractivity contribution in [2.75, 3.05) is 27.4 Å². The zero-order valence-electron chi connectivity index (χ0n) is 12.5. The number of nitrogens with one attached hydrogen (secondary N) is 1. The smallest absolute Gasteiger partial charge is 0.165 e. The quantitative estimate of drug-likeness (QED) is 0.758. The van der Waals surface area contributed by atoms with E-state index in [4.69, 9.17) is 14.2 Å². The largest absolute Gasteiger partial charge is 0.493 e. The molecule has 2 aromatic carbocycles. The highest BCUT2D eigenvalue weighted by molar-refractivity contribution is 5.46. The highest BCUT2D eigenvalue weighted by Gasteiger charge is 2.09. The maximum absolute atomic E-state index is 5.84. The molecule has 0 amide bonds. The number of benzene rings is 2.